The van der Waals surface area contributed by atoms with Crippen LogP contribution in [0.5, 0.6) is 0 Å². The van der Waals surface area contributed by atoms with Crippen molar-refractivity contribution in [1.29, 1.82) is 0 Å². The van der Waals surface area contributed by atoms with Crippen LogP contribution >= 0.6 is 0 Å². The number of nitrogens with zero attached hydrogens (tertiary/aromatic N) is 2. The third-order valence-electron chi connectivity index (χ3n) is 6.06. The Labute approximate surface area is 150 Å². The van der Waals surface area contributed by atoms with Gasteiger partial charge in [-0.25, -0.2) is 0 Å². The average molecular weight is 339 g/mol. The second-order valence-corrected chi connectivity index (χ2v) is 7.71. The lowest BCUT2D eigenvalue weighted by Crippen LogP contribution is -2.38. The molecule has 1 aliphatic heterocycles. The number of hydrogen-bond acceptors (Lipinski definition) is 4. The first-order valence-electron chi connectivity index (χ1n) is 9.78. The largest absolute Gasteiger partial charge is 0.395 e. The monoisotopic (exact) mass is 339 g/mol. The molecule has 2 aromatic rings. The van der Waals surface area contributed by atoms with Crippen LogP contribution in [-0.2, 0) is 0 Å². The Kier molecular flexibility index (Phi) is 5.18. The highest BCUT2D eigenvalue weighted by Gasteiger charge is 2.28. The quantitative estimate of drug-likeness (QED) is 0.873. The van der Waals surface area contributed by atoms with Crippen LogP contribution < -0.4 is 5.32 Å². The van der Waals surface area contributed by atoms with Crippen molar-refractivity contribution in [2.24, 2.45) is 5.92 Å². The van der Waals surface area contributed by atoms with Crippen molar-refractivity contribution in [3.63, 3.8) is 0 Å². The van der Waals surface area contributed by atoms with Crippen LogP contribution in [0.2, 0.25) is 0 Å². The first kappa shape index (κ1) is 16.8. The normalized spacial score (nSPS) is 27.6. The predicted molar refractivity (Wildman–Crippen MR) is 103 cm³/mol. The molecule has 0 bridgehead atoms. The Morgan fingerprint density at radius 1 is 1.08 bits per heavy atom. The lowest BCUT2D eigenvalue weighted by Gasteiger charge is -2.34. The van der Waals surface area contributed by atoms with E-state index in [1.54, 1.807) is 0 Å². The maximum atomic E-state index is 9.50. The number of rotatable bonds is 5. The Balaban J connectivity index is 1.33. The van der Waals surface area contributed by atoms with Gasteiger partial charge in [-0.2, -0.15) is 0 Å². The summed E-state index contributed by atoms with van der Waals surface area (Å²) < 4.78 is 0. The average Bonchev–Trinajstić information content (AvgIpc) is 3.11. The number of pyridine rings is 1. The van der Waals surface area contributed by atoms with Crippen LogP contribution in [0.25, 0.3) is 10.9 Å². The van der Waals surface area contributed by atoms with Crippen molar-refractivity contribution >= 4 is 16.6 Å². The first-order valence-corrected chi connectivity index (χ1v) is 9.78. The summed E-state index contributed by atoms with van der Waals surface area (Å²) in [6.45, 7) is 2.68. The molecule has 1 aliphatic carbocycles. The number of likely N-dealkylation sites (tertiary alicyclic amines) is 1. The van der Waals surface area contributed by atoms with E-state index in [-0.39, 0.29) is 0 Å². The highest BCUT2D eigenvalue weighted by atomic mass is 16.3. The van der Waals surface area contributed by atoms with Gasteiger partial charge < -0.3 is 10.4 Å². The van der Waals surface area contributed by atoms with Gasteiger partial charge in [-0.1, -0.05) is 18.2 Å². The summed E-state index contributed by atoms with van der Waals surface area (Å²) in [5.74, 6) is 0.791. The lowest BCUT2D eigenvalue weighted by atomic mass is 9.85. The van der Waals surface area contributed by atoms with Crippen LogP contribution in [0.3, 0.4) is 0 Å². The molecule has 134 valence electrons. The Morgan fingerprint density at radius 2 is 1.92 bits per heavy atom. The van der Waals surface area contributed by atoms with Crippen LogP contribution in [0.4, 0.5) is 5.69 Å². The van der Waals surface area contributed by atoms with Gasteiger partial charge in [0.1, 0.15) is 0 Å². The second-order valence-electron chi connectivity index (χ2n) is 7.71. The summed E-state index contributed by atoms with van der Waals surface area (Å²) in [7, 11) is 0. The number of aromatic nitrogens is 1. The van der Waals surface area contributed by atoms with Gasteiger partial charge in [-0.05, 0) is 63.1 Å². The molecule has 25 heavy (non-hydrogen) atoms. The van der Waals surface area contributed by atoms with E-state index in [0.29, 0.717) is 18.7 Å². The van der Waals surface area contributed by atoms with Crippen LogP contribution in [0.1, 0.15) is 38.5 Å². The number of hydrogen-bond donors (Lipinski definition) is 2. The Bertz CT molecular complexity index is 691. The van der Waals surface area contributed by atoms with Crippen LogP contribution in [-0.4, -0.2) is 46.8 Å². The van der Waals surface area contributed by atoms with Gasteiger partial charge in [0.15, 0.2) is 0 Å². The minimum absolute atomic E-state index is 0.325. The summed E-state index contributed by atoms with van der Waals surface area (Å²) in [6.07, 6.45) is 9.36. The molecule has 0 radical (unpaired) electrons. The molecule has 4 rings (SSSR count). The summed E-state index contributed by atoms with van der Waals surface area (Å²) in [4.78, 5) is 6.98. The maximum Gasteiger partial charge on any atom is 0.0722 e. The van der Waals surface area contributed by atoms with Crippen molar-refractivity contribution in [3.8, 4) is 0 Å². The minimum Gasteiger partial charge on any atom is -0.395 e. The number of aliphatic hydroxyl groups excluding tert-OH is 1. The molecule has 2 N–H and O–H groups in total. The van der Waals surface area contributed by atoms with Crippen LogP contribution in [0.15, 0.2) is 36.5 Å². The highest BCUT2D eigenvalue weighted by Crippen LogP contribution is 2.31. The molecule has 4 nitrogen and oxygen atoms in total. The minimum atomic E-state index is 0.325. The molecular formula is C21H29N3O. The molecule has 1 saturated heterocycles. The third-order valence-corrected chi connectivity index (χ3v) is 6.06. The molecule has 4 heteroatoms. The molecule has 2 heterocycles. The van der Waals surface area contributed by atoms with Crippen molar-refractivity contribution in [2.45, 2.75) is 50.6 Å². The van der Waals surface area contributed by atoms with Crippen molar-refractivity contribution in [1.82, 2.24) is 9.88 Å². The van der Waals surface area contributed by atoms with Crippen molar-refractivity contribution in [2.75, 3.05) is 25.0 Å². The molecule has 2 fully saturated rings. The van der Waals surface area contributed by atoms with E-state index in [1.165, 1.54) is 62.7 Å². The van der Waals surface area contributed by atoms with E-state index in [9.17, 15) is 5.11 Å². The standard InChI is InChI=1S/C21H29N3O/c25-15-18-4-3-13-24(18)14-16-7-9-17(10-8-16)23-21-11-12-22-20-6-2-1-5-19(20)21/h1-2,5-6,11-12,16-18,25H,3-4,7-10,13-15H2,(H,22,23)/t16-,17-,18-/m0/s1. The molecule has 0 unspecified atom stereocenters. The Hall–Kier alpha value is -1.65. The van der Waals surface area contributed by atoms with Gasteiger partial charge in [0.05, 0.1) is 12.1 Å². The SMILES string of the molecule is OC[C@@H]1CCCN1C[C@H]1CC[C@H](Nc2ccnc3ccccc23)CC1. The third kappa shape index (κ3) is 3.80. The molecule has 1 aromatic carbocycles. The number of aliphatic hydroxyl groups is 1. The van der Waals surface area contributed by atoms with E-state index >= 15 is 0 Å². The van der Waals surface area contributed by atoms with Gasteiger partial charge in [-0.3, -0.25) is 9.88 Å². The summed E-state index contributed by atoms with van der Waals surface area (Å²) >= 11 is 0. The Morgan fingerprint density at radius 3 is 2.76 bits per heavy atom. The summed E-state index contributed by atoms with van der Waals surface area (Å²) in [6, 6.07) is 11.4. The van der Waals surface area contributed by atoms with E-state index in [2.05, 4.69) is 39.5 Å². The van der Waals surface area contributed by atoms with Crippen molar-refractivity contribution in [3.05, 3.63) is 36.5 Å². The number of fused-ring (bicyclic) bond motifs is 1. The van der Waals surface area contributed by atoms with Gasteiger partial charge >= 0.3 is 0 Å². The van der Waals surface area contributed by atoms with E-state index < -0.39 is 0 Å². The smallest absolute Gasteiger partial charge is 0.0722 e. The van der Waals surface area contributed by atoms with E-state index in [1.807, 2.05) is 12.3 Å². The highest BCUT2D eigenvalue weighted by molar-refractivity contribution is 5.90. The van der Waals surface area contributed by atoms with Gasteiger partial charge in [0, 0.05) is 35.9 Å². The summed E-state index contributed by atoms with van der Waals surface area (Å²) in [5.41, 5.74) is 2.28. The molecular weight excluding hydrogens is 310 g/mol. The molecule has 1 atom stereocenters. The molecule has 0 spiro atoms. The summed E-state index contributed by atoms with van der Waals surface area (Å²) in [5, 5.41) is 14.5. The number of nitrogens with one attached hydrogen (secondary N) is 1. The number of benzene rings is 1. The first-order chi connectivity index (χ1) is 12.3. The van der Waals surface area contributed by atoms with E-state index in [0.717, 1.165) is 11.4 Å². The maximum absolute atomic E-state index is 9.50. The molecule has 2 aliphatic rings. The fourth-order valence-electron chi connectivity index (χ4n) is 4.60. The number of anilines is 1. The molecule has 1 aromatic heterocycles. The topological polar surface area (TPSA) is 48.4 Å². The van der Waals surface area contributed by atoms with Gasteiger partial charge in [0.25, 0.3) is 0 Å². The lowest BCUT2D eigenvalue weighted by molar-refractivity contribution is 0.130. The second kappa shape index (κ2) is 7.71. The van der Waals surface area contributed by atoms with E-state index in [4.69, 9.17) is 0 Å². The van der Waals surface area contributed by atoms with Crippen LogP contribution in [0, 0.1) is 5.92 Å². The van der Waals surface area contributed by atoms with Gasteiger partial charge in [0.2, 0.25) is 0 Å². The molecule has 1 saturated carbocycles. The zero-order chi connectivity index (χ0) is 17.1. The predicted octanol–water partition coefficient (Wildman–Crippen LogP) is 3.66. The van der Waals surface area contributed by atoms with Crippen molar-refractivity contribution < 1.29 is 5.11 Å². The number of para-hydroxylation sites is 1. The molecule has 0 amide bonds. The zero-order valence-electron chi connectivity index (χ0n) is 14.9. The fourth-order valence-corrected chi connectivity index (χ4v) is 4.60. The zero-order valence-corrected chi connectivity index (χ0v) is 14.9. The fraction of sp³-hybridized carbons (Fsp3) is 0.571. The van der Waals surface area contributed by atoms with Gasteiger partial charge in [-0.15, -0.1) is 0 Å².